The molecule has 1 heterocycles. The van der Waals surface area contributed by atoms with Crippen molar-refractivity contribution in [2.75, 3.05) is 0 Å². The Morgan fingerprint density at radius 3 is 2.82 bits per heavy atom. The van der Waals surface area contributed by atoms with Gasteiger partial charge in [0.15, 0.2) is 0 Å². The third kappa shape index (κ3) is 3.29. The minimum atomic E-state index is -1.17. The van der Waals surface area contributed by atoms with E-state index in [4.69, 9.17) is 4.74 Å². The van der Waals surface area contributed by atoms with Crippen LogP contribution < -0.4 is 0 Å². The van der Waals surface area contributed by atoms with E-state index >= 15 is 0 Å². The highest BCUT2D eigenvalue weighted by molar-refractivity contribution is 6.74. The summed E-state index contributed by atoms with van der Waals surface area (Å²) in [7, 11) is -1.17. The molecular weight excluding hydrogens is 234 g/mol. The highest BCUT2D eigenvalue weighted by Gasteiger charge is 2.19. The summed E-state index contributed by atoms with van der Waals surface area (Å²) in [4.78, 5) is 22.9. The molecule has 0 aliphatic carbocycles. The zero-order valence-electron chi connectivity index (χ0n) is 9.33. The van der Waals surface area contributed by atoms with Crippen LogP contribution in [0.4, 0.5) is 4.79 Å². The first-order valence-electron chi connectivity index (χ1n) is 5.41. The van der Waals surface area contributed by atoms with Crippen LogP contribution in [0, 0.1) is 0 Å². The number of hydrogen-bond donors (Lipinski definition) is 0. The van der Waals surface area contributed by atoms with E-state index in [0.717, 1.165) is 5.56 Å². The van der Waals surface area contributed by atoms with Crippen molar-refractivity contribution in [1.29, 1.82) is 0 Å². The molecule has 0 bridgehead atoms. The molecule has 0 saturated carbocycles. The number of rotatable bonds is 2. The third-order valence-electron chi connectivity index (χ3n) is 2.42. The average molecular weight is 247 g/mol. The van der Waals surface area contributed by atoms with Crippen molar-refractivity contribution in [2.45, 2.75) is 13.0 Å². The molecule has 1 aromatic carbocycles. The van der Waals surface area contributed by atoms with Crippen LogP contribution in [0.25, 0.3) is 0 Å². The molecule has 1 aromatic rings. The lowest BCUT2D eigenvalue weighted by molar-refractivity contribution is -0.111. The molecule has 0 spiro atoms. The van der Waals surface area contributed by atoms with Crippen molar-refractivity contribution in [3.63, 3.8) is 0 Å². The standard InChI is InChI=1S/C12H13NO3Si/c14-11-7-4-8-13(17-11)12(15)16-9-10-5-2-1-3-6-10/h1-6,8H,7,9,17H2. The third-order valence-corrected chi connectivity index (χ3v) is 3.87. The Bertz CT molecular complexity index is 444. The van der Waals surface area contributed by atoms with Crippen LogP contribution in [0.2, 0.25) is 0 Å². The van der Waals surface area contributed by atoms with E-state index in [1.807, 2.05) is 30.3 Å². The van der Waals surface area contributed by atoms with Gasteiger partial charge in [0.2, 0.25) is 9.68 Å². The Kier molecular flexibility index (Phi) is 3.72. The molecule has 5 heteroatoms. The second-order valence-electron chi connectivity index (χ2n) is 3.80. The van der Waals surface area contributed by atoms with Crippen molar-refractivity contribution in [3.8, 4) is 0 Å². The highest BCUT2D eigenvalue weighted by Crippen LogP contribution is 2.06. The van der Waals surface area contributed by atoms with Gasteiger partial charge in [-0.15, -0.1) is 0 Å². The Balaban J connectivity index is 1.87. The highest BCUT2D eigenvalue weighted by atomic mass is 28.2. The number of carbonyl (C=O) groups excluding carboxylic acids is 2. The molecule has 88 valence electrons. The van der Waals surface area contributed by atoms with Crippen LogP contribution in [0.1, 0.15) is 12.0 Å². The maximum absolute atomic E-state index is 11.7. The predicted molar refractivity (Wildman–Crippen MR) is 65.8 cm³/mol. The number of amides is 1. The smallest absolute Gasteiger partial charge is 0.405 e. The molecule has 4 nitrogen and oxygen atoms in total. The average Bonchev–Trinajstić information content (AvgIpc) is 2.37. The number of allylic oxidation sites excluding steroid dienone is 1. The molecule has 1 aliphatic heterocycles. The largest absolute Gasteiger partial charge is 0.445 e. The van der Waals surface area contributed by atoms with Crippen molar-refractivity contribution in [1.82, 2.24) is 4.57 Å². The summed E-state index contributed by atoms with van der Waals surface area (Å²) in [5.41, 5.74) is 0.940. The first kappa shape index (κ1) is 11.6. The Morgan fingerprint density at radius 1 is 1.35 bits per heavy atom. The van der Waals surface area contributed by atoms with Crippen molar-refractivity contribution in [2.24, 2.45) is 0 Å². The molecule has 0 radical (unpaired) electrons. The van der Waals surface area contributed by atoms with E-state index in [1.165, 1.54) is 4.57 Å². The molecule has 0 aromatic heterocycles. The number of ether oxygens (including phenoxy) is 1. The number of nitrogens with zero attached hydrogens (tertiary/aromatic N) is 1. The van der Waals surface area contributed by atoms with Crippen molar-refractivity contribution in [3.05, 3.63) is 48.2 Å². The fraction of sp³-hybridized carbons (Fsp3) is 0.167. The van der Waals surface area contributed by atoms with Gasteiger partial charge in [0.1, 0.15) is 12.0 Å². The minimum absolute atomic E-state index is 0.157. The van der Waals surface area contributed by atoms with E-state index in [0.29, 0.717) is 6.42 Å². The number of carbonyl (C=O) groups is 2. The van der Waals surface area contributed by atoms with Crippen LogP contribution in [-0.4, -0.2) is 25.7 Å². The fourth-order valence-corrected chi connectivity index (χ4v) is 2.70. The SMILES string of the molecule is O=C1CC=CN(C(=O)OCc2ccccc2)[SiH2]1. The summed E-state index contributed by atoms with van der Waals surface area (Å²) >= 11 is 0. The zero-order valence-corrected chi connectivity index (χ0v) is 10.7. The summed E-state index contributed by atoms with van der Waals surface area (Å²) in [5, 5.41) is 0.157. The molecule has 0 N–H and O–H groups in total. The predicted octanol–water partition coefficient (Wildman–Crippen LogP) is 1.15. The Hall–Kier alpha value is -1.88. The molecule has 2 rings (SSSR count). The van der Waals surface area contributed by atoms with Crippen LogP contribution in [0.15, 0.2) is 42.6 Å². The summed E-state index contributed by atoms with van der Waals surface area (Å²) in [6.07, 6.45) is 3.38. The molecule has 1 aliphatic rings. The Morgan fingerprint density at radius 2 is 2.12 bits per heavy atom. The van der Waals surface area contributed by atoms with Gasteiger partial charge in [-0.1, -0.05) is 36.4 Å². The van der Waals surface area contributed by atoms with Gasteiger partial charge in [0.05, 0.1) is 0 Å². The van der Waals surface area contributed by atoms with Crippen molar-refractivity contribution < 1.29 is 14.3 Å². The summed E-state index contributed by atoms with van der Waals surface area (Å²) in [5.74, 6) is 0. The van der Waals surface area contributed by atoms with Crippen molar-refractivity contribution >= 4 is 21.2 Å². The lowest BCUT2D eigenvalue weighted by Gasteiger charge is -2.19. The second-order valence-corrected chi connectivity index (χ2v) is 5.58. The molecule has 17 heavy (non-hydrogen) atoms. The fourth-order valence-electron chi connectivity index (χ4n) is 1.55. The van der Waals surface area contributed by atoms with Crippen LogP contribution >= 0.6 is 0 Å². The zero-order chi connectivity index (χ0) is 12.1. The minimum Gasteiger partial charge on any atom is -0.445 e. The van der Waals surface area contributed by atoms with Gasteiger partial charge in [-0.05, 0) is 11.8 Å². The van der Waals surface area contributed by atoms with Gasteiger partial charge >= 0.3 is 6.09 Å². The maximum atomic E-state index is 11.7. The second kappa shape index (κ2) is 5.45. The molecule has 0 unspecified atom stereocenters. The number of benzene rings is 1. The van der Waals surface area contributed by atoms with Gasteiger partial charge < -0.3 is 14.1 Å². The quantitative estimate of drug-likeness (QED) is 0.737. The molecule has 0 fully saturated rings. The summed E-state index contributed by atoms with van der Waals surface area (Å²) in [6.45, 7) is 0.243. The summed E-state index contributed by atoms with van der Waals surface area (Å²) < 4.78 is 6.56. The van der Waals surface area contributed by atoms with Gasteiger partial charge in [-0.3, -0.25) is 0 Å². The first-order chi connectivity index (χ1) is 8.25. The van der Waals surface area contributed by atoms with E-state index < -0.39 is 15.8 Å². The van der Waals surface area contributed by atoms with Crippen LogP contribution in [-0.2, 0) is 16.1 Å². The van der Waals surface area contributed by atoms with Crippen LogP contribution in [0.3, 0.4) is 0 Å². The van der Waals surface area contributed by atoms with Gasteiger partial charge in [0.25, 0.3) is 0 Å². The van der Waals surface area contributed by atoms with Gasteiger partial charge in [-0.2, -0.15) is 0 Å². The first-order valence-corrected chi connectivity index (χ1v) is 6.75. The number of hydrogen-bond acceptors (Lipinski definition) is 3. The van der Waals surface area contributed by atoms with Gasteiger partial charge in [-0.25, -0.2) is 4.79 Å². The Labute approximate surface area is 102 Å². The van der Waals surface area contributed by atoms with E-state index in [2.05, 4.69) is 0 Å². The molecular formula is C12H13NO3Si. The lowest BCUT2D eigenvalue weighted by atomic mass is 10.2. The lowest BCUT2D eigenvalue weighted by Crippen LogP contribution is -2.37. The van der Waals surface area contributed by atoms with E-state index in [1.54, 1.807) is 12.3 Å². The molecule has 0 saturated heterocycles. The van der Waals surface area contributed by atoms with Gasteiger partial charge in [0, 0.05) is 6.42 Å². The monoisotopic (exact) mass is 247 g/mol. The maximum Gasteiger partial charge on any atom is 0.405 e. The topological polar surface area (TPSA) is 46.6 Å². The normalized spacial score (nSPS) is 16.2. The van der Waals surface area contributed by atoms with E-state index in [9.17, 15) is 9.59 Å². The molecule has 0 atom stereocenters. The molecule has 1 amide bonds. The van der Waals surface area contributed by atoms with E-state index in [-0.39, 0.29) is 12.0 Å². The summed E-state index contributed by atoms with van der Waals surface area (Å²) in [6, 6.07) is 9.47. The van der Waals surface area contributed by atoms with Crippen LogP contribution in [0.5, 0.6) is 0 Å².